The summed E-state index contributed by atoms with van der Waals surface area (Å²) in [5.74, 6) is 0.576. The molecule has 1 aromatic rings. The normalized spacial score (nSPS) is 11.9. The highest BCUT2D eigenvalue weighted by Crippen LogP contribution is 2.19. The number of aromatic nitrogens is 1. The predicted molar refractivity (Wildman–Crippen MR) is 82.4 cm³/mol. The van der Waals surface area contributed by atoms with Gasteiger partial charge in [-0.1, -0.05) is 25.4 Å². The molecular weight excluding hydrogens is 276 g/mol. The number of pyridine rings is 1. The molecule has 0 aliphatic heterocycles. The summed E-state index contributed by atoms with van der Waals surface area (Å²) >= 11 is 6.12. The molecule has 5 heteroatoms. The second-order valence-corrected chi connectivity index (χ2v) is 6.37. The highest BCUT2D eigenvalue weighted by atomic mass is 35.5. The first-order valence-electron chi connectivity index (χ1n) is 6.92. The monoisotopic (exact) mass is 300 g/mol. The second kappa shape index (κ2) is 7.81. The molecule has 0 amide bonds. The summed E-state index contributed by atoms with van der Waals surface area (Å²) in [5, 5.41) is 3.97. The molecule has 0 atom stereocenters. The third-order valence-corrected chi connectivity index (χ3v) is 2.82. The van der Waals surface area contributed by atoms with Gasteiger partial charge in [0.1, 0.15) is 6.61 Å². The van der Waals surface area contributed by atoms with E-state index in [9.17, 15) is 0 Å². The summed E-state index contributed by atoms with van der Waals surface area (Å²) in [6.07, 6.45) is 1.62. The number of hydrogen-bond donors (Lipinski definition) is 1. The minimum absolute atomic E-state index is 0.150. The summed E-state index contributed by atoms with van der Waals surface area (Å²) < 4.78 is 11.2. The Morgan fingerprint density at radius 3 is 2.60 bits per heavy atom. The van der Waals surface area contributed by atoms with Crippen molar-refractivity contribution in [3.8, 4) is 5.88 Å². The number of nitrogens with zero attached hydrogens (tertiary/aromatic N) is 1. The molecule has 0 fully saturated rings. The molecule has 20 heavy (non-hydrogen) atoms. The molecule has 0 radical (unpaired) electrons. The molecule has 0 aromatic carbocycles. The van der Waals surface area contributed by atoms with E-state index in [-0.39, 0.29) is 5.60 Å². The van der Waals surface area contributed by atoms with Crippen molar-refractivity contribution in [3.63, 3.8) is 0 Å². The van der Waals surface area contributed by atoms with Gasteiger partial charge in [0.15, 0.2) is 0 Å². The standard InChI is InChI=1S/C15H25ClN2O2/c1-11(2)17-9-12-8-14(18-10-13(12)16)19-6-7-20-15(3,4)5/h8,10-11,17H,6-7,9H2,1-5H3. The molecule has 0 aliphatic rings. The Morgan fingerprint density at radius 2 is 2.00 bits per heavy atom. The number of hydrogen-bond acceptors (Lipinski definition) is 4. The number of nitrogens with one attached hydrogen (secondary N) is 1. The Balaban J connectivity index is 2.48. The number of ether oxygens (including phenoxy) is 2. The smallest absolute Gasteiger partial charge is 0.213 e. The number of halogens is 1. The third kappa shape index (κ3) is 7.08. The van der Waals surface area contributed by atoms with Crippen molar-refractivity contribution in [1.82, 2.24) is 10.3 Å². The minimum atomic E-state index is -0.150. The van der Waals surface area contributed by atoms with Crippen LogP contribution in [0.25, 0.3) is 0 Å². The highest BCUT2D eigenvalue weighted by molar-refractivity contribution is 6.31. The van der Waals surface area contributed by atoms with Crippen LogP contribution in [0.15, 0.2) is 12.3 Å². The first-order valence-corrected chi connectivity index (χ1v) is 7.30. The second-order valence-electron chi connectivity index (χ2n) is 5.96. The Bertz CT molecular complexity index is 417. The van der Waals surface area contributed by atoms with E-state index in [2.05, 4.69) is 24.1 Å². The van der Waals surface area contributed by atoms with E-state index in [0.717, 1.165) is 5.56 Å². The summed E-state index contributed by atoms with van der Waals surface area (Å²) in [7, 11) is 0. The van der Waals surface area contributed by atoms with Gasteiger partial charge < -0.3 is 14.8 Å². The zero-order chi connectivity index (χ0) is 15.2. The molecule has 0 saturated carbocycles. The maximum Gasteiger partial charge on any atom is 0.213 e. The average molecular weight is 301 g/mol. The molecule has 4 nitrogen and oxygen atoms in total. The van der Waals surface area contributed by atoms with Crippen LogP contribution < -0.4 is 10.1 Å². The third-order valence-electron chi connectivity index (χ3n) is 2.48. The lowest BCUT2D eigenvalue weighted by Gasteiger charge is -2.19. The van der Waals surface area contributed by atoms with Gasteiger partial charge in [0.25, 0.3) is 0 Å². The van der Waals surface area contributed by atoms with Gasteiger partial charge in [-0.25, -0.2) is 4.98 Å². The molecule has 0 aliphatic carbocycles. The van der Waals surface area contributed by atoms with Gasteiger partial charge in [0.2, 0.25) is 5.88 Å². The van der Waals surface area contributed by atoms with E-state index in [1.807, 2.05) is 26.8 Å². The van der Waals surface area contributed by atoms with Crippen LogP contribution in [0.2, 0.25) is 5.02 Å². The van der Waals surface area contributed by atoms with E-state index in [0.29, 0.717) is 36.7 Å². The van der Waals surface area contributed by atoms with Crippen molar-refractivity contribution in [2.45, 2.75) is 52.8 Å². The van der Waals surface area contributed by atoms with Gasteiger partial charge in [0, 0.05) is 24.8 Å². The van der Waals surface area contributed by atoms with Crippen LogP contribution in [-0.4, -0.2) is 29.8 Å². The molecule has 0 saturated heterocycles. The quantitative estimate of drug-likeness (QED) is 0.784. The minimum Gasteiger partial charge on any atom is -0.475 e. The van der Waals surface area contributed by atoms with Crippen LogP contribution in [0.4, 0.5) is 0 Å². The fourth-order valence-corrected chi connectivity index (χ4v) is 1.65. The van der Waals surface area contributed by atoms with Gasteiger partial charge in [-0.15, -0.1) is 0 Å². The molecule has 114 valence electrons. The van der Waals surface area contributed by atoms with Crippen LogP contribution in [0, 0.1) is 0 Å². The lowest BCUT2D eigenvalue weighted by Crippen LogP contribution is -2.23. The Hall–Kier alpha value is -0.840. The summed E-state index contributed by atoms with van der Waals surface area (Å²) in [5.41, 5.74) is 0.838. The zero-order valence-electron chi connectivity index (χ0n) is 13.0. The molecule has 1 N–H and O–H groups in total. The highest BCUT2D eigenvalue weighted by Gasteiger charge is 2.10. The van der Waals surface area contributed by atoms with Gasteiger partial charge in [-0.3, -0.25) is 0 Å². The van der Waals surface area contributed by atoms with E-state index < -0.39 is 0 Å². The SMILES string of the molecule is CC(C)NCc1cc(OCCOC(C)(C)C)ncc1Cl. The molecule has 1 rings (SSSR count). The van der Waals surface area contributed by atoms with Crippen LogP contribution in [0.1, 0.15) is 40.2 Å². The Labute approximate surface area is 126 Å². The maximum absolute atomic E-state index is 6.12. The van der Waals surface area contributed by atoms with Gasteiger partial charge in [-0.05, 0) is 26.3 Å². The van der Waals surface area contributed by atoms with Crippen LogP contribution in [0.5, 0.6) is 5.88 Å². The lowest BCUT2D eigenvalue weighted by molar-refractivity contribution is -0.0168. The number of rotatable bonds is 7. The molecular formula is C15H25ClN2O2. The van der Waals surface area contributed by atoms with Crippen LogP contribution in [-0.2, 0) is 11.3 Å². The Morgan fingerprint density at radius 1 is 1.30 bits per heavy atom. The van der Waals surface area contributed by atoms with Crippen molar-refractivity contribution in [1.29, 1.82) is 0 Å². The molecule has 0 bridgehead atoms. The first-order chi connectivity index (χ1) is 9.28. The van der Waals surface area contributed by atoms with Crippen LogP contribution in [0.3, 0.4) is 0 Å². The van der Waals surface area contributed by atoms with Crippen molar-refractivity contribution >= 4 is 11.6 Å². The van der Waals surface area contributed by atoms with Crippen molar-refractivity contribution in [2.24, 2.45) is 0 Å². The van der Waals surface area contributed by atoms with Gasteiger partial charge in [0.05, 0.1) is 17.2 Å². The van der Waals surface area contributed by atoms with Crippen molar-refractivity contribution in [3.05, 3.63) is 22.8 Å². The topological polar surface area (TPSA) is 43.4 Å². The van der Waals surface area contributed by atoms with E-state index in [4.69, 9.17) is 21.1 Å². The zero-order valence-corrected chi connectivity index (χ0v) is 13.8. The lowest BCUT2D eigenvalue weighted by atomic mass is 10.2. The first kappa shape index (κ1) is 17.2. The molecule has 1 heterocycles. The fourth-order valence-electron chi connectivity index (χ4n) is 1.48. The van der Waals surface area contributed by atoms with Crippen molar-refractivity contribution < 1.29 is 9.47 Å². The molecule has 0 unspecified atom stereocenters. The summed E-state index contributed by atoms with van der Waals surface area (Å²) in [6, 6.07) is 2.28. The van der Waals surface area contributed by atoms with Crippen LogP contribution >= 0.6 is 11.6 Å². The van der Waals surface area contributed by atoms with Gasteiger partial charge >= 0.3 is 0 Å². The van der Waals surface area contributed by atoms with E-state index >= 15 is 0 Å². The summed E-state index contributed by atoms with van der Waals surface area (Å²) in [4.78, 5) is 4.16. The fraction of sp³-hybridized carbons (Fsp3) is 0.667. The average Bonchev–Trinajstić information content (AvgIpc) is 2.33. The van der Waals surface area contributed by atoms with Gasteiger partial charge in [-0.2, -0.15) is 0 Å². The summed E-state index contributed by atoms with van der Waals surface area (Å²) in [6.45, 7) is 12.0. The van der Waals surface area contributed by atoms with E-state index in [1.165, 1.54) is 0 Å². The largest absolute Gasteiger partial charge is 0.475 e. The van der Waals surface area contributed by atoms with E-state index in [1.54, 1.807) is 6.20 Å². The molecule has 0 spiro atoms. The maximum atomic E-state index is 6.12. The predicted octanol–water partition coefficient (Wildman–Crippen LogP) is 3.43. The molecule has 1 aromatic heterocycles. The van der Waals surface area contributed by atoms with Crippen molar-refractivity contribution in [2.75, 3.05) is 13.2 Å². The Kier molecular flexibility index (Phi) is 6.72.